The number of anilines is 1. The number of amides is 3. The monoisotopic (exact) mass is 411 g/mol. The zero-order valence-corrected chi connectivity index (χ0v) is 17.3. The Kier molecular flexibility index (Phi) is 5.85. The van der Waals surface area contributed by atoms with E-state index in [-0.39, 0.29) is 29.6 Å². The Labute approximate surface area is 174 Å². The van der Waals surface area contributed by atoms with Gasteiger partial charge in [0.1, 0.15) is 6.04 Å². The van der Waals surface area contributed by atoms with Crippen LogP contribution in [0.2, 0.25) is 0 Å². The number of likely N-dealkylation sites (tertiary alicyclic amines) is 1. The summed E-state index contributed by atoms with van der Waals surface area (Å²) in [7, 11) is 0. The lowest BCUT2D eigenvalue weighted by atomic mass is 9.81. The molecular formula is C22H25N3O3S. The lowest BCUT2D eigenvalue weighted by Crippen LogP contribution is -2.48. The molecule has 2 fully saturated rings. The van der Waals surface area contributed by atoms with E-state index in [2.05, 4.69) is 10.3 Å². The predicted molar refractivity (Wildman–Crippen MR) is 114 cm³/mol. The number of aromatic nitrogens is 1. The van der Waals surface area contributed by atoms with Gasteiger partial charge in [0.25, 0.3) is 0 Å². The normalized spacial score (nSPS) is 22.6. The van der Waals surface area contributed by atoms with Gasteiger partial charge >= 0.3 is 0 Å². The lowest BCUT2D eigenvalue weighted by molar-refractivity contribution is -0.146. The van der Waals surface area contributed by atoms with Crippen molar-refractivity contribution in [3.8, 4) is 0 Å². The first-order chi connectivity index (χ1) is 14.1. The predicted octanol–water partition coefficient (Wildman–Crippen LogP) is 3.47. The zero-order chi connectivity index (χ0) is 20.4. The van der Waals surface area contributed by atoms with Gasteiger partial charge in [-0.25, -0.2) is 0 Å². The van der Waals surface area contributed by atoms with E-state index in [1.807, 2.05) is 30.5 Å². The molecule has 1 aromatic carbocycles. The van der Waals surface area contributed by atoms with Crippen molar-refractivity contribution in [3.05, 3.63) is 36.5 Å². The molecule has 2 heterocycles. The van der Waals surface area contributed by atoms with Crippen molar-refractivity contribution in [1.29, 1.82) is 0 Å². The minimum absolute atomic E-state index is 0.169. The Hall–Kier alpha value is -2.41. The number of carbonyl (C=O) groups excluding carboxylic acids is 3. The number of para-hydroxylation sites is 1. The Bertz CT molecular complexity index is 919. The second-order valence-corrected chi connectivity index (χ2v) is 8.70. The quantitative estimate of drug-likeness (QED) is 0.737. The first kappa shape index (κ1) is 19.9. The van der Waals surface area contributed by atoms with E-state index in [4.69, 9.17) is 0 Å². The summed E-state index contributed by atoms with van der Waals surface area (Å²) in [4.78, 5) is 45.0. The van der Waals surface area contributed by atoms with Crippen LogP contribution in [-0.2, 0) is 14.4 Å². The van der Waals surface area contributed by atoms with Gasteiger partial charge in [-0.3, -0.25) is 24.3 Å². The molecular weight excluding hydrogens is 386 g/mol. The van der Waals surface area contributed by atoms with Crippen molar-refractivity contribution in [1.82, 2.24) is 9.88 Å². The number of rotatable bonds is 6. The van der Waals surface area contributed by atoms with E-state index in [0.29, 0.717) is 23.4 Å². The molecule has 4 rings (SSSR count). The average Bonchev–Trinajstić information content (AvgIpc) is 3.00. The molecule has 1 aliphatic carbocycles. The van der Waals surface area contributed by atoms with E-state index < -0.39 is 6.04 Å². The summed E-state index contributed by atoms with van der Waals surface area (Å²) in [5.41, 5.74) is 1.29. The largest absolute Gasteiger partial charge is 0.322 e. The molecule has 0 spiro atoms. The summed E-state index contributed by atoms with van der Waals surface area (Å²) in [5.74, 6) is -0.468. The van der Waals surface area contributed by atoms with E-state index in [1.165, 1.54) is 4.90 Å². The number of carbonyl (C=O) groups is 3. The Morgan fingerprint density at radius 3 is 2.55 bits per heavy atom. The van der Waals surface area contributed by atoms with Crippen LogP contribution in [-0.4, -0.2) is 45.7 Å². The highest BCUT2D eigenvalue weighted by Gasteiger charge is 2.51. The van der Waals surface area contributed by atoms with Crippen LogP contribution in [0.1, 0.15) is 32.1 Å². The van der Waals surface area contributed by atoms with Gasteiger partial charge < -0.3 is 5.32 Å². The van der Waals surface area contributed by atoms with Crippen molar-refractivity contribution in [2.45, 2.75) is 38.1 Å². The van der Waals surface area contributed by atoms with Crippen LogP contribution in [0.25, 0.3) is 10.9 Å². The summed E-state index contributed by atoms with van der Waals surface area (Å²) in [5, 5.41) is 3.86. The Balaban J connectivity index is 1.61. The second-order valence-electron chi connectivity index (χ2n) is 7.71. The molecule has 3 amide bonds. The maximum absolute atomic E-state index is 13.3. The summed E-state index contributed by atoms with van der Waals surface area (Å²) in [6, 6.07) is 8.58. The number of imide groups is 1. The number of fused-ring (bicyclic) bond motifs is 2. The van der Waals surface area contributed by atoms with Crippen LogP contribution >= 0.6 is 11.8 Å². The van der Waals surface area contributed by atoms with Gasteiger partial charge in [0.2, 0.25) is 17.7 Å². The van der Waals surface area contributed by atoms with Gasteiger partial charge in [0.05, 0.1) is 23.0 Å². The van der Waals surface area contributed by atoms with E-state index in [9.17, 15) is 14.4 Å². The minimum atomic E-state index is -0.785. The molecule has 2 aromatic rings. The third-order valence-electron chi connectivity index (χ3n) is 5.98. The summed E-state index contributed by atoms with van der Waals surface area (Å²) < 4.78 is 0. The molecule has 152 valence electrons. The maximum Gasteiger partial charge on any atom is 0.247 e. The number of nitrogens with one attached hydrogen (secondary N) is 1. The van der Waals surface area contributed by atoms with Crippen molar-refractivity contribution < 1.29 is 14.4 Å². The first-order valence-corrected chi connectivity index (χ1v) is 11.5. The zero-order valence-electron chi connectivity index (χ0n) is 16.5. The third kappa shape index (κ3) is 3.75. The van der Waals surface area contributed by atoms with Crippen molar-refractivity contribution in [2.24, 2.45) is 11.8 Å². The number of pyridine rings is 1. The molecule has 6 nitrogen and oxygen atoms in total. The molecule has 1 saturated heterocycles. The van der Waals surface area contributed by atoms with Gasteiger partial charge in [-0.15, -0.1) is 0 Å². The molecule has 1 N–H and O–H groups in total. The highest BCUT2D eigenvalue weighted by Crippen LogP contribution is 2.39. The molecule has 2 aliphatic rings. The summed E-state index contributed by atoms with van der Waals surface area (Å²) in [6.07, 6.45) is 7.51. The van der Waals surface area contributed by atoms with Crippen molar-refractivity contribution in [2.75, 3.05) is 17.3 Å². The van der Waals surface area contributed by atoms with Gasteiger partial charge in [0.15, 0.2) is 0 Å². The average molecular weight is 412 g/mol. The third-order valence-corrected chi connectivity index (χ3v) is 6.62. The standard InChI is InChI=1S/C22H25N3O3S/c1-29-13-11-18(25-21(27)15-8-2-3-9-16(15)22(25)28)20(26)24-17-10-4-6-14-7-5-12-23-19(14)17/h4-7,10,12,15-16,18H,2-3,8-9,11,13H2,1H3,(H,24,26)/t15-,16+,18-/m1/s1. The topological polar surface area (TPSA) is 79.4 Å². The highest BCUT2D eigenvalue weighted by molar-refractivity contribution is 7.98. The van der Waals surface area contributed by atoms with E-state index in [0.717, 1.165) is 31.1 Å². The molecule has 3 atom stereocenters. The first-order valence-electron chi connectivity index (χ1n) is 10.1. The SMILES string of the molecule is CSCC[C@H](C(=O)Nc1cccc2cccnc12)N1C(=O)[C@H]2CCCC[C@H]2C1=O. The van der Waals surface area contributed by atoms with Crippen LogP contribution in [0.4, 0.5) is 5.69 Å². The van der Waals surface area contributed by atoms with Crippen LogP contribution in [0, 0.1) is 11.8 Å². The number of hydrogen-bond donors (Lipinski definition) is 1. The van der Waals surface area contributed by atoms with E-state index in [1.54, 1.807) is 24.0 Å². The molecule has 7 heteroatoms. The van der Waals surface area contributed by atoms with Gasteiger partial charge in [-0.2, -0.15) is 11.8 Å². The van der Waals surface area contributed by atoms with Gasteiger partial charge in [-0.05, 0) is 43.4 Å². The fraction of sp³-hybridized carbons (Fsp3) is 0.455. The number of benzene rings is 1. The van der Waals surface area contributed by atoms with Crippen molar-refractivity contribution >= 4 is 46.1 Å². The summed E-state index contributed by atoms with van der Waals surface area (Å²) in [6.45, 7) is 0. The second kappa shape index (κ2) is 8.53. The Morgan fingerprint density at radius 2 is 1.86 bits per heavy atom. The fourth-order valence-electron chi connectivity index (χ4n) is 4.52. The van der Waals surface area contributed by atoms with Gasteiger partial charge in [-0.1, -0.05) is 31.0 Å². The van der Waals surface area contributed by atoms with Crippen LogP contribution in [0.15, 0.2) is 36.5 Å². The maximum atomic E-state index is 13.3. The number of thioether (sulfide) groups is 1. The highest BCUT2D eigenvalue weighted by atomic mass is 32.2. The van der Waals surface area contributed by atoms with Crippen molar-refractivity contribution in [3.63, 3.8) is 0 Å². The van der Waals surface area contributed by atoms with Crippen LogP contribution in [0.5, 0.6) is 0 Å². The number of nitrogens with zero attached hydrogens (tertiary/aromatic N) is 2. The molecule has 0 unspecified atom stereocenters. The molecule has 1 aliphatic heterocycles. The number of hydrogen-bond acceptors (Lipinski definition) is 5. The molecule has 29 heavy (non-hydrogen) atoms. The Morgan fingerprint density at radius 1 is 1.17 bits per heavy atom. The molecule has 0 bridgehead atoms. The smallest absolute Gasteiger partial charge is 0.247 e. The van der Waals surface area contributed by atoms with Crippen LogP contribution in [0.3, 0.4) is 0 Å². The molecule has 1 aromatic heterocycles. The molecule has 1 saturated carbocycles. The van der Waals surface area contributed by atoms with Gasteiger partial charge in [0, 0.05) is 11.6 Å². The minimum Gasteiger partial charge on any atom is -0.322 e. The van der Waals surface area contributed by atoms with Crippen LogP contribution < -0.4 is 5.32 Å². The fourth-order valence-corrected chi connectivity index (χ4v) is 4.98. The summed E-state index contributed by atoms with van der Waals surface area (Å²) >= 11 is 1.60. The lowest BCUT2D eigenvalue weighted by Gasteiger charge is -2.26. The molecule has 0 radical (unpaired) electrons. The van der Waals surface area contributed by atoms with E-state index >= 15 is 0 Å².